The molecule has 0 radical (unpaired) electrons. The zero-order chi connectivity index (χ0) is 13.1. The van der Waals surface area contributed by atoms with Gasteiger partial charge in [-0.05, 0) is 42.8 Å². The normalized spacial score (nSPS) is 10.2. The van der Waals surface area contributed by atoms with Crippen molar-refractivity contribution >= 4 is 39.1 Å². The Hall–Kier alpha value is -1.39. The Labute approximate surface area is 118 Å². The molecule has 1 aromatic carbocycles. The second-order valence-corrected chi connectivity index (χ2v) is 5.14. The van der Waals surface area contributed by atoms with Crippen LogP contribution < -0.4 is 5.32 Å². The SMILES string of the molecule is Cc1cc(Br)cc(NC(=O)c2ccc(Cl)nc2)c1. The van der Waals surface area contributed by atoms with Gasteiger partial charge in [-0.25, -0.2) is 4.98 Å². The summed E-state index contributed by atoms with van der Waals surface area (Å²) >= 11 is 9.06. The summed E-state index contributed by atoms with van der Waals surface area (Å²) in [5.74, 6) is -0.211. The van der Waals surface area contributed by atoms with Crippen LogP contribution in [0.3, 0.4) is 0 Å². The van der Waals surface area contributed by atoms with Gasteiger partial charge in [-0.2, -0.15) is 0 Å². The lowest BCUT2D eigenvalue weighted by Crippen LogP contribution is -2.12. The fraction of sp³-hybridized carbons (Fsp3) is 0.0769. The van der Waals surface area contributed by atoms with E-state index in [1.807, 2.05) is 25.1 Å². The predicted octanol–water partition coefficient (Wildman–Crippen LogP) is 4.06. The number of hydrogen-bond donors (Lipinski definition) is 1. The molecular weight excluding hydrogens is 316 g/mol. The largest absolute Gasteiger partial charge is 0.322 e. The second-order valence-electron chi connectivity index (χ2n) is 3.84. The first-order chi connectivity index (χ1) is 8.54. The number of carbonyl (C=O) groups excluding carboxylic acids is 1. The molecule has 92 valence electrons. The minimum atomic E-state index is -0.211. The number of anilines is 1. The zero-order valence-electron chi connectivity index (χ0n) is 9.58. The molecule has 2 aromatic rings. The van der Waals surface area contributed by atoms with E-state index in [0.717, 1.165) is 15.7 Å². The lowest BCUT2D eigenvalue weighted by Gasteiger charge is -2.06. The fourth-order valence-corrected chi connectivity index (χ4v) is 2.24. The standard InChI is InChI=1S/C13H10BrClN2O/c1-8-4-10(14)6-11(5-8)17-13(18)9-2-3-12(15)16-7-9/h2-7H,1H3,(H,17,18). The Kier molecular flexibility index (Phi) is 3.99. The van der Waals surface area contributed by atoms with E-state index >= 15 is 0 Å². The number of carbonyl (C=O) groups is 1. The van der Waals surface area contributed by atoms with E-state index in [4.69, 9.17) is 11.6 Å². The molecule has 0 saturated heterocycles. The van der Waals surface area contributed by atoms with Crippen LogP contribution in [0.4, 0.5) is 5.69 Å². The Morgan fingerprint density at radius 1 is 1.33 bits per heavy atom. The van der Waals surface area contributed by atoms with E-state index in [1.54, 1.807) is 12.1 Å². The molecule has 1 aromatic heterocycles. The Morgan fingerprint density at radius 3 is 2.72 bits per heavy atom. The van der Waals surface area contributed by atoms with Gasteiger partial charge in [0.1, 0.15) is 5.15 Å². The van der Waals surface area contributed by atoms with Crippen LogP contribution in [-0.4, -0.2) is 10.9 Å². The third-order valence-corrected chi connectivity index (χ3v) is 2.97. The smallest absolute Gasteiger partial charge is 0.257 e. The van der Waals surface area contributed by atoms with Crippen molar-refractivity contribution in [3.8, 4) is 0 Å². The summed E-state index contributed by atoms with van der Waals surface area (Å²) in [6, 6.07) is 8.93. The van der Waals surface area contributed by atoms with Crippen molar-refractivity contribution in [3.05, 3.63) is 57.3 Å². The molecule has 0 saturated carbocycles. The van der Waals surface area contributed by atoms with Crippen LogP contribution in [0.5, 0.6) is 0 Å². The van der Waals surface area contributed by atoms with Gasteiger partial charge in [0.2, 0.25) is 0 Å². The molecule has 0 aliphatic carbocycles. The maximum absolute atomic E-state index is 11.9. The summed E-state index contributed by atoms with van der Waals surface area (Å²) < 4.78 is 0.923. The minimum Gasteiger partial charge on any atom is -0.322 e. The number of halogens is 2. The average molecular weight is 326 g/mol. The first-order valence-electron chi connectivity index (χ1n) is 5.25. The summed E-state index contributed by atoms with van der Waals surface area (Å²) in [6.45, 7) is 1.96. The van der Waals surface area contributed by atoms with E-state index < -0.39 is 0 Å². The molecule has 18 heavy (non-hydrogen) atoms. The summed E-state index contributed by atoms with van der Waals surface area (Å²) in [7, 11) is 0. The van der Waals surface area contributed by atoms with Crippen LogP contribution in [-0.2, 0) is 0 Å². The summed E-state index contributed by atoms with van der Waals surface area (Å²) in [6.07, 6.45) is 1.45. The Bertz CT molecular complexity index is 564. The summed E-state index contributed by atoms with van der Waals surface area (Å²) in [4.78, 5) is 15.8. The van der Waals surface area contributed by atoms with Crippen LogP contribution in [0.2, 0.25) is 5.15 Å². The molecule has 0 spiro atoms. The van der Waals surface area contributed by atoms with Gasteiger partial charge in [-0.15, -0.1) is 0 Å². The van der Waals surface area contributed by atoms with Gasteiger partial charge in [-0.1, -0.05) is 27.5 Å². The van der Waals surface area contributed by atoms with Crippen molar-refractivity contribution in [2.75, 3.05) is 5.32 Å². The molecule has 0 atom stereocenters. The number of aromatic nitrogens is 1. The quantitative estimate of drug-likeness (QED) is 0.846. The number of pyridine rings is 1. The van der Waals surface area contributed by atoms with E-state index in [1.165, 1.54) is 6.20 Å². The maximum Gasteiger partial charge on any atom is 0.257 e. The van der Waals surface area contributed by atoms with Crippen molar-refractivity contribution in [1.82, 2.24) is 4.98 Å². The molecule has 0 aliphatic rings. The van der Waals surface area contributed by atoms with Crippen LogP contribution in [0.25, 0.3) is 0 Å². The Morgan fingerprint density at radius 2 is 2.11 bits per heavy atom. The molecule has 1 N–H and O–H groups in total. The van der Waals surface area contributed by atoms with Gasteiger partial charge in [0, 0.05) is 16.4 Å². The molecule has 0 bridgehead atoms. The highest BCUT2D eigenvalue weighted by Gasteiger charge is 2.07. The average Bonchev–Trinajstić information content (AvgIpc) is 2.28. The van der Waals surface area contributed by atoms with Gasteiger partial charge in [0.05, 0.1) is 5.56 Å². The van der Waals surface area contributed by atoms with Crippen LogP contribution >= 0.6 is 27.5 Å². The van der Waals surface area contributed by atoms with Crippen molar-refractivity contribution in [1.29, 1.82) is 0 Å². The topological polar surface area (TPSA) is 42.0 Å². The van der Waals surface area contributed by atoms with Crippen molar-refractivity contribution in [2.24, 2.45) is 0 Å². The number of nitrogens with one attached hydrogen (secondary N) is 1. The number of benzene rings is 1. The Balaban J connectivity index is 2.18. The van der Waals surface area contributed by atoms with Crippen molar-refractivity contribution in [2.45, 2.75) is 6.92 Å². The number of nitrogens with zero attached hydrogens (tertiary/aromatic N) is 1. The van der Waals surface area contributed by atoms with Crippen LogP contribution in [0.1, 0.15) is 15.9 Å². The highest BCUT2D eigenvalue weighted by molar-refractivity contribution is 9.10. The lowest BCUT2D eigenvalue weighted by atomic mass is 10.2. The van der Waals surface area contributed by atoms with E-state index in [-0.39, 0.29) is 5.91 Å². The summed E-state index contributed by atoms with van der Waals surface area (Å²) in [5, 5.41) is 3.17. The van der Waals surface area contributed by atoms with E-state index in [0.29, 0.717) is 10.7 Å². The van der Waals surface area contributed by atoms with Crippen molar-refractivity contribution < 1.29 is 4.79 Å². The molecule has 5 heteroatoms. The third-order valence-electron chi connectivity index (χ3n) is 2.29. The maximum atomic E-state index is 11.9. The molecule has 3 nitrogen and oxygen atoms in total. The number of amides is 1. The highest BCUT2D eigenvalue weighted by Crippen LogP contribution is 2.19. The van der Waals surface area contributed by atoms with E-state index in [2.05, 4.69) is 26.2 Å². The third kappa shape index (κ3) is 3.31. The lowest BCUT2D eigenvalue weighted by molar-refractivity contribution is 0.102. The van der Waals surface area contributed by atoms with Gasteiger partial charge in [0.15, 0.2) is 0 Å². The molecule has 1 heterocycles. The highest BCUT2D eigenvalue weighted by atomic mass is 79.9. The molecule has 0 fully saturated rings. The molecule has 1 amide bonds. The number of hydrogen-bond acceptors (Lipinski definition) is 2. The molecule has 0 unspecified atom stereocenters. The molecule has 0 aliphatic heterocycles. The number of rotatable bonds is 2. The zero-order valence-corrected chi connectivity index (χ0v) is 11.9. The minimum absolute atomic E-state index is 0.211. The summed E-state index contributed by atoms with van der Waals surface area (Å²) in [5.41, 5.74) is 2.27. The first kappa shape index (κ1) is 13.1. The van der Waals surface area contributed by atoms with Crippen LogP contribution in [0.15, 0.2) is 41.0 Å². The first-order valence-corrected chi connectivity index (χ1v) is 6.42. The monoisotopic (exact) mass is 324 g/mol. The fourth-order valence-electron chi connectivity index (χ4n) is 1.52. The van der Waals surface area contributed by atoms with Gasteiger partial charge in [0.25, 0.3) is 5.91 Å². The van der Waals surface area contributed by atoms with Gasteiger partial charge >= 0.3 is 0 Å². The predicted molar refractivity (Wildman–Crippen MR) is 76.1 cm³/mol. The molecular formula is C13H10BrClN2O. The second kappa shape index (κ2) is 5.50. The van der Waals surface area contributed by atoms with Crippen LogP contribution in [0, 0.1) is 6.92 Å². The number of aryl methyl sites for hydroxylation is 1. The van der Waals surface area contributed by atoms with E-state index in [9.17, 15) is 4.79 Å². The van der Waals surface area contributed by atoms with Gasteiger partial charge < -0.3 is 5.32 Å². The van der Waals surface area contributed by atoms with Gasteiger partial charge in [-0.3, -0.25) is 4.79 Å². The van der Waals surface area contributed by atoms with Crippen molar-refractivity contribution in [3.63, 3.8) is 0 Å². The molecule has 2 rings (SSSR count).